The summed E-state index contributed by atoms with van der Waals surface area (Å²) in [5, 5.41) is 3.55. The first-order chi connectivity index (χ1) is 10.4. The molecule has 0 radical (unpaired) electrons. The lowest BCUT2D eigenvalue weighted by atomic mass is 10.1. The molecule has 0 amide bonds. The molecule has 1 saturated carbocycles. The van der Waals surface area contributed by atoms with Crippen LogP contribution < -0.4 is 5.32 Å². The van der Waals surface area contributed by atoms with Crippen molar-refractivity contribution in [3.8, 4) is 0 Å². The van der Waals surface area contributed by atoms with Crippen molar-refractivity contribution in [1.82, 2.24) is 5.32 Å². The second kappa shape index (κ2) is 9.90. The molecule has 4 heteroatoms. The number of methoxy groups -OCH3 is 1. The van der Waals surface area contributed by atoms with Crippen LogP contribution in [0.15, 0.2) is 30.3 Å². The van der Waals surface area contributed by atoms with E-state index < -0.39 is 0 Å². The SMILES string of the molecule is COCCOCCCOC(CNC1CC1)c1ccccc1. The summed E-state index contributed by atoms with van der Waals surface area (Å²) in [6, 6.07) is 11.1. The van der Waals surface area contributed by atoms with E-state index in [-0.39, 0.29) is 6.10 Å². The molecular weight excluding hydrogens is 266 g/mol. The molecular formula is C17H27NO3. The molecule has 1 aromatic rings. The quantitative estimate of drug-likeness (QED) is 0.601. The molecule has 1 unspecified atom stereocenters. The first kappa shape index (κ1) is 16.4. The van der Waals surface area contributed by atoms with Crippen LogP contribution >= 0.6 is 0 Å². The number of nitrogens with one attached hydrogen (secondary N) is 1. The highest BCUT2D eigenvalue weighted by molar-refractivity contribution is 5.18. The lowest BCUT2D eigenvalue weighted by molar-refractivity contribution is 0.0228. The monoisotopic (exact) mass is 293 g/mol. The Kier molecular flexibility index (Phi) is 7.75. The average Bonchev–Trinajstić information content (AvgIpc) is 3.34. The molecule has 0 aliphatic heterocycles. The van der Waals surface area contributed by atoms with Gasteiger partial charge in [0.05, 0.1) is 19.3 Å². The summed E-state index contributed by atoms with van der Waals surface area (Å²) < 4.78 is 16.4. The Hall–Kier alpha value is -0.940. The third-order valence-corrected chi connectivity index (χ3v) is 3.52. The fourth-order valence-corrected chi connectivity index (χ4v) is 2.13. The summed E-state index contributed by atoms with van der Waals surface area (Å²) >= 11 is 0. The molecule has 4 nitrogen and oxygen atoms in total. The van der Waals surface area contributed by atoms with Gasteiger partial charge in [0.15, 0.2) is 0 Å². The predicted molar refractivity (Wildman–Crippen MR) is 83.5 cm³/mol. The fraction of sp³-hybridized carbons (Fsp3) is 0.647. The summed E-state index contributed by atoms with van der Waals surface area (Å²) in [5.74, 6) is 0. The third kappa shape index (κ3) is 7.05. The average molecular weight is 293 g/mol. The summed E-state index contributed by atoms with van der Waals surface area (Å²) in [7, 11) is 1.68. The van der Waals surface area contributed by atoms with E-state index in [1.165, 1.54) is 18.4 Å². The van der Waals surface area contributed by atoms with Crippen molar-refractivity contribution in [2.24, 2.45) is 0 Å². The van der Waals surface area contributed by atoms with Gasteiger partial charge in [0, 0.05) is 32.9 Å². The van der Waals surface area contributed by atoms with Crippen LogP contribution in [0.5, 0.6) is 0 Å². The summed E-state index contributed by atoms with van der Waals surface area (Å²) in [6.45, 7) is 3.64. The minimum atomic E-state index is 0.130. The molecule has 1 N–H and O–H groups in total. The number of rotatable bonds is 12. The zero-order valence-corrected chi connectivity index (χ0v) is 12.9. The van der Waals surface area contributed by atoms with Crippen molar-refractivity contribution < 1.29 is 14.2 Å². The maximum Gasteiger partial charge on any atom is 0.0949 e. The highest BCUT2D eigenvalue weighted by Gasteiger charge is 2.22. The molecule has 1 aliphatic carbocycles. The zero-order chi connectivity index (χ0) is 14.8. The standard InChI is InChI=1S/C17H27NO3/c1-19-12-13-20-10-5-11-21-17(14-18-16-8-9-16)15-6-3-2-4-7-15/h2-4,6-7,16-18H,5,8-14H2,1H3. The van der Waals surface area contributed by atoms with Crippen molar-refractivity contribution in [3.63, 3.8) is 0 Å². The van der Waals surface area contributed by atoms with E-state index in [0.717, 1.165) is 26.2 Å². The highest BCUT2D eigenvalue weighted by atomic mass is 16.5. The molecule has 21 heavy (non-hydrogen) atoms. The van der Waals surface area contributed by atoms with Gasteiger partial charge in [-0.25, -0.2) is 0 Å². The van der Waals surface area contributed by atoms with Crippen molar-refractivity contribution in [3.05, 3.63) is 35.9 Å². The maximum atomic E-state index is 6.04. The van der Waals surface area contributed by atoms with Crippen molar-refractivity contribution in [2.45, 2.75) is 31.4 Å². The Morgan fingerprint density at radius 2 is 1.90 bits per heavy atom. The predicted octanol–water partition coefficient (Wildman–Crippen LogP) is 2.55. The number of hydrogen-bond acceptors (Lipinski definition) is 4. The van der Waals surface area contributed by atoms with Crippen LogP contribution in [-0.4, -0.2) is 46.1 Å². The van der Waals surface area contributed by atoms with E-state index in [9.17, 15) is 0 Å². The second-order valence-corrected chi connectivity index (χ2v) is 5.41. The first-order valence-electron chi connectivity index (χ1n) is 7.86. The van der Waals surface area contributed by atoms with Crippen molar-refractivity contribution in [2.75, 3.05) is 40.1 Å². The molecule has 0 aromatic heterocycles. The van der Waals surface area contributed by atoms with E-state index in [1.54, 1.807) is 7.11 Å². The Balaban J connectivity index is 1.66. The van der Waals surface area contributed by atoms with Crippen LogP contribution in [0, 0.1) is 0 Å². The van der Waals surface area contributed by atoms with Gasteiger partial charge in [-0.15, -0.1) is 0 Å². The van der Waals surface area contributed by atoms with Gasteiger partial charge in [-0.1, -0.05) is 30.3 Å². The van der Waals surface area contributed by atoms with Gasteiger partial charge in [-0.3, -0.25) is 0 Å². The van der Waals surface area contributed by atoms with Gasteiger partial charge >= 0.3 is 0 Å². The van der Waals surface area contributed by atoms with Gasteiger partial charge < -0.3 is 19.5 Å². The smallest absolute Gasteiger partial charge is 0.0949 e. The van der Waals surface area contributed by atoms with Gasteiger partial charge in [0.25, 0.3) is 0 Å². The molecule has 2 rings (SSSR count). The van der Waals surface area contributed by atoms with E-state index >= 15 is 0 Å². The summed E-state index contributed by atoms with van der Waals surface area (Å²) in [5.41, 5.74) is 1.24. The molecule has 1 aromatic carbocycles. The lowest BCUT2D eigenvalue weighted by Gasteiger charge is -2.19. The summed E-state index contributed by atoms with van der Waals surface area (Å²) in [4.78, 5) is 0. The molecule has 0 bridgehead atoms. The fourth-order valence-electron chi connectivity index (χ4n) is 2.13. The Labute approximate surface area is 127 Å². The van der Waals surface area contributed by atoms with E-state index in [4.69, 9.17) is 14.2 Å². The number of benzene rings is 1. The van der Waals surface area contributed by atoms with Gasteiger partial charge in [-0.2, -0.15) is 0 Å². The zero-order valence-electron chi connectivity index (χ0n) is 12.9. The molecule has 118 valence electrons. The van der Waals surface area contributed by atoms with Crippen molar-refractivity contribution >= 4 is 0 Å². The Bertz CT molecular complexity index is 368. The van der Waals surface area contributed by atoms with Crippen LogP contribution in [0.1, 0.15) is 30.9 Å². The number of hydrogen-bond donors (Lipinski definition) is 1. The second-order valence-electron chi connectivity index (χ2n) is 5.41. The van der Waals surface area contributed by atoms with Crippen LogP contribution in [0.4, 0.5) is 0 Å². The topological polar surface area (TPSA) is 39.7 Å². The normalized spacial score (nSPS) is 16.0. The van der Waals surface area contributed by atoms with Crippen LogP contribution in [0.3, 0.4) is 0 Å². The van der Waals surface area contributed by atoms with E-state index in [2.05, 4.69) is 29.6 Å². The first-order valence-corrected chi connectivity index (χ1v) is 7.86. The minimum Gasteiger partial charge on any atom is -0.382 e. The van der Waals surface area contributed by atoms with E-state index in [0.29, 0.717) is 19.3 Å². The Morgan fingerprint density at radius 1 is 1.10 bits per heavy atom. The van der Waals surface area contributed by atoms with Gasteiger partial charge in [0.1, 0.15) is 0 Å². The molecule has 1 atom stereocenters. The highest BCUT2D eigenvalue weighted by Crippen LogP contribution is 2.22. The maximum absolute atomic E-state index is 6.04. The summed E-state index contributed by atoms with van der Waals surface area (Å²) in [6.07, 6.45) is 3.64. The Morgan fingerprint density at radius 3 is 2.62 bits per heavy atom. The van der Waals surface area contributed by atoms with Crippen LogP contribution in [-0.2, 0) is 14.2 Å². The minimum absolute atomic E-state index is 0.130. The third-order valence-electron chi connectivity index (χ3n) is 3.52. The largest absolute Gasteiger partial charge is 0.382 e. The van der Waals surface area contributed by atoms with Crippen LogP contribution in [0.2, 0.25) is 0 Å². The van der Waals surface area contributed by atoms with E-state index in [1.807, 2.05) is 6.07 Å². The van der Waals surface area contributed by atoms with Gasteiger partial charge in [-0.05, 0) is 24.8 Å². The van der Waals surface area contributed by atoms with Crippen molar-refractivity contribution in [1.29, 1.82) is 0 Å². The molecule has 0 spiro atoms. The molecule has 0 saturated heterocycles. The molecule has 1 fully saturated rings. The lowest BCUT2D eigenvalue weighted by Crippen LogP contribution is -2.25. The number of ether oxygens (including phenoxy) is 3. The van der Waals surface area contributed by atoms with Crippen LogP contribution in [0.25, 0.3) is 0 Å². The molecule has 1 aliphatic rings. The van der Waals surface area contributed by atoms with Gasteiger partial charge in [0.2, 0.25) is 0 Å². The molecule has 0 heterocycles.